The second-order valence-electron chi connectivity index (χ2n) is 4.10. The van der Waals surface area contributed by atoms with Gasteiger partial charge in [-0.05, 0) is 30.2 Å². The van der Waals surface area contributed by atoms with Gasteiger partial charge in [0, 0.05) is 17.1 Å². The third-order valence-electron chi connectivity index (χ3n) is 3.01. The fourth-order valence-electron chi connectivity index (χ4n) is 2.13. The predicted octanol–water partition coefficient (Wildman–Crippen LogP) is 2.33. The summed E-state index contributed by atoms with van der Waals surface area (Å²) in [5, 5.41) is 0.665. The van der Waals surface area contributed by atoms with E-state index in [4.69, 9.17) is 11.6 Å². The molecule has 0 fully saturated rings. The number of nitrogens with zero attached hydrogens (tertiary/aromatic N) is 3. The van der Waals surface area contributed by atoms with Crippen molar-refractivity contribution in [2.45, 2.75) is 6.42 Å². The molecule has 18 heavy (non-hydrogen) atoms. The lowest BCUT2D eigenvalue weighted by Crippen LogP contribution is -2.37. The first kappa shape index (κ1) is 11.2. The van der Waals surface area contributed by atoms with E-state index in [0.717, 1.165) is 17.7 Å². The number of hydrogen-bond acceptors (Lipinski definition) is 3. The number of carbonyl (C=O) groups is 1. The van der Waals surface area contributed by atoms with E-state index < -0.39 is 0 Å². The molecule has 1 aromatic carbocycles. The Morgan fingerprint density at radius 2 is 2.00 bits per heavy atom. The summed E-state index contributed by atoms with van der Waals surface area (Å²) >= 11 is 5.93. The summed E-state index contributed by atoms with van der Waals surface area (Å²) in [4.78, 5) is 21.9. The maximum Gasteiger partial charge on any atom is 0.258 e. The van der Waals surface area contributed by atoms with Crippen LogP contribution in [0.3, 0.4) is 0 Å². The number of amides is 1. The normalized spacial score (nSPS) is 14.5. The van der Waals surface area contributed by atoms with E-state index in [1.54, 1.807) is 29.4 Å². The largest absolute Gasteiger partial charge is 0.305 e. The van der Waals surface area contributed by atoms with Gasteiger partial charge in [0.05, 0.1) is 18.1 Å². The standard InChI is InChI=1S/C13H10ClN3O/c14-10-1-2-12-9(5-10)3-4-17(13(12)18)11-6-15-8-16-7-11/h1-2,5-8H,3-4H2. The van der Waals surface area contributed by atoms with Gasteiger partial charge in [0.15, 0.2) is 0 Å². The smallest absolute Gasteiger partial charge is 0.258 e. The van der Waals surface area contributed by atoms with Crippen LogP contribution in [-0.2, 0) is 6.42 Å². The van der Waals surface area contributed by atoms with Crippen LogP contribution in [0.1, 0.15) is 15.9 Å². The highest BCUT2D eigenvalue weighted by molar-refractivity contribution is 6.30. The Morgan fingerprint density at radius 1 is 1.22 bits per heavy atom. The summed E-state index contributed by atoms with van der Waals surface area (Å²) in [6.45, 7) is 0.625. The van der Waals surface area contributed by atoms with Crippen molar-refractivity contribution in [2.75, 3.05) is 11.4 Å². The Bertz CT molecular complexity index is 600. The molecule has 3 rings (SSSR count). The van der Waals surface area contributed by atoms with Crippen LogP contribution in [0.15, 0.2) is 36.9 Å². The number of carbonyl (C=O) groups excluding carboxylic acids is 1. The number of hydrogen-bond donors (Lipinski definition) is 0. The van der Waals surface area contributed by atoms with Crippen molar-refractivity contribution in [2.24, 2.45) is 0 Å². The fourth-order valence-corrected chi connectivity index (χ4v) is 2.33. The van der Waals surface area contributed by atoms with Crippen LogP contribution in [0.2, 0.25) is 5.02 Å². The molecule has 0 N–H and O–H groups in total. The van der Waals surface area contributed by atoms with Crippen LogP contribution < -0.4 is 4.90 Å². The highest BCUT2D eigenvalue weighted by Gasteiger charge is 2.25. The van der Waals surface area contributed by atoms with Crippen molar-refractivity contribution in [1.29, 1.82) is 0 Å². The van der Waals surface area contributed by atoms with E-state index >= 15 is 0 Å². The van der Waals surface area contributed by atoms with Crippen LogP contribution in [0, 0.1) is 0 Å². The van der Waals surface area contributed by atoms with Gasteiger partial charge in [-0.1, -0.05) is 11.6 Å². The van der Waals surface area contributed by atoms with Crippen LogP contribution >= 0.6 is 11.6 Å². The maximum absolute atomic E-state index is 12.4. The molecule has 1 amide bonds. The van der Waals surface area contributed by atoms with E-state index in [0.29, 0.717) is 17.1 Å². The zero-order chi connectivity index (χ0) is 12.5. The van der Waals surface area contributed by atoms with Gasteiger partial charge in [-0.25, -0.2) is 9.97 Å². The lowest BCUT2D eigenvalue weighted by molar-refractivity contribution is 0.0980. The van der Waals surface area contributed by atoms with Gasteiger partial charge in [0.25, 0.3) is 5.91 Å². The monoisotopic (exact) mass is 259 g/mol. The van der Waals surface area contributed by atoms with Crippen molar-refractivity contribution in [3.05, 3.63) is 53.1 Å². The molecule has 4 nitrogen and oxygen atoms in total. The number of rotatable bonds is 1. The van der Waals surface area contributed by atoms with Crippen molar-refractivity contribution < 1.29 is 4.79 Å². The quantitative estimate of drug-likeness (QED) is 0.790. The molecular formula is C13H10ClN3O. The summed E-state index contributed by atoms with van der Waals surface area (Å²) in [5.74, 6) is -0.0253. The van der Waals surface area contributed by atoms with Crippen molar-refractivity contribution in [3.8, 4) is 0 Å². The van der Waals surface area contributed by atoms with Gasteiger partial charge in [-0.2, -0.15) is 0 Å². The van der Waals surface area contributed by atoms with Crippen molar-refractivity contribution in [1.82, 2.24) is 9.97 Å². The Labute approximate surface area is 109 Å². The number of fused-ring (bicyclic) bond motifs is 1. The minimum absolute atomic E-state index is 0.0253. The molecule has 0 bridgehead atoms. The van der Waals surface area contributed by atoms with Gasteiger partial charge < -0.3 is 4.90 Å². The Kier molecular flexibility index (Phi) is 2.72. The summed E-state index contributed by atoms with van der Waals surface area (Å²) < 4.78 is 0. The summed E-state index contributed by atoms with van der Waals surface area (Å²) in [6, 6.07) is 5.37. The summed E-state index contributed by atoms with van der Waals surface area (Å²) in [5.41, 5.74) is 2.43. The zero-order valence-electron chi connectivity index (χ0n) is 9.51. The maximum atomic E-state index is 12.4. The molecule has 0 aliphatic carbocycles. The van der Waals surface area contributed by atoms with Gasteiger partial charge in [-0.15, -0.1) is 0 Å². The van der Waals surface area contributed by atoms with Crippen molar-refractivity contribution in [3.63, 3.8) is 0 Å². The Hall–Kier alpha value is -1.94. The van der Waals surface area contributed by atoms with Crippen LogP contribution in [0.25, 0.3) is 0 Å². The second kappa shape index (κ2) is 4.38. The Morgan fingerprint density at radius 3 is 2.78 bits per heavy atom. The number of aromatic nitrogens is 2. The molecule has 1 aromatic heterocycles. The Balaban J connectivity index is 2.00. The van der Waals surface area contributed by atoms with E-state index in [2.05, 4.69) is 9.97 Å². The minimum Gasteiger partial charge on any atom is -0.305 e. The van der Waals surface area contributed by atoms with Crippen LogP contribution in [0.4, 0.5) is 5.69 Å². The molecule has 1 aliphatic heterocycles. The SMILES string of the molecule is O=C1c2ccc(Cl)cc2CCN1c1cncnc1. The topological polar surface area (TPSA) is 46.1 Å². The van der Waals surface area contributed by atoms with Crippen molar-refractivity contribution >= 4 is 23.2 Å². The number of halogens is 1. The van der Waals surface area contributed by atoms with Crippen LogP contribution in [0.5, 0.6) is 0 Å². The van der Waals surface area contributed by atoms with E-state index in [9.17, 15) is 4.79 Å². The first-order valence-electron chi connectivity index (χ1n) is 5.61. The molecular weight excluding hydrogens is 250 g/mol. The third kappa shape index (κ3) is 1.84. The lowest BCUT2D eigenvalue weighted by atomic mass is 9.99. The molecule has 1 aliphatic rings. The molecule has 0 unspecified atom stereocenters. The molecule has 0 saturated carbocycles. The summed E-state index contributed by atoms with van der Waals surface area (Å²) in [7, 11) is 0. The molecule has 0 atom stereocenters. The molecule has 0 spiro atoms. The summed E-state index contributed by atoms with van der Waals surface area (Å²) in [6.07, 6.45) is 5.53. The molecule has 2 aromatic rings. The highest BCUT2D eigenvalue weighted by atomic mass is 35.5. The first-order valence-corrected chi connectivity index (χ1v) is 5.99. The number of anilines is 1. The minimum atomic E-state index is -0.0253. The van der Waals surface area contributed by atoms with E-state index in [1.807, 2.05) is 6.07 Å². The van der Waals surface area contributed by atoms with Gasteiger partial charge in [-0.3, -0.25) is 4.79 Å². The molecule has 90 valence electrons. The van der Waals surface area contributed by atoms with E-state index in [-0.39, 0.29) is 5.91 Å². The average Bonchev–Trinajstić information content (AvgIpc) is 2.40. The molecule has 5 heteroatoms. The van der Waals surface area contributed by atoms with Crippen LogP contribution in [-0.4, -0.2) is 22.4 Å². The number of benzene rings is 1. The zero-order valence-corrected chi connectivity index (χ0v) is 10.3. The highest BCUT2D eigenvalue weighted by Crippen LogP contribution is 2.25. The van der Waals surface area contributed by atoms with Gasteiger partial charge >= 0.3 is 0 Å². The lowest BCUT2D eigenvalue weighted by Gasteiger charge is -2.28. The predicted molar refractivity (Wildman–Crippen MR) is 68.9 cm³/mol. The third-order valence-corrected chi connectivity index (χ3v) is 3.24. The molecule has 0 radical (unpaired) electrons. The molecule has 2 heterocycles. The van der Waals surface area contributed by atoms with Gasteiger partial charge in [0.1, 0.15) is 6.33 Å². The van der Waals surface area contributed by atoms with Gasteiger partial charge in [0.2, 0.25) is 0 Å². The fraction of sp³-hybridized carbons (Fsp3) is 0.154. The second-order valence-corrected chi connectivity index (χ2v) is 4.54. The first-order chi connectivity index (χ1) is 8.75. The van der Waals surface area contributed by atoms with E-state index in [1.165, 1.54) is 6.33 Å². The molecule has 0 saturated heterocycles. The average molecular weight is 260 g/mol.